The average Bonchev–Trinajstić information content (AvgIpc) is 2.62. The fourth-order valence-electron chi connectivity index (χ4n) is 2.57. The van der Waals surface area contributed by atoms with Gasteiger partial charge in [-0.3, -0.25) is 0 Å². The van der Waals surface area contributed by atoms with Crippen LogP contribution in [0.2, 0.25) is 0 Å². The van der Waals surface area contributed by atoms with Gasteiger partial charge in [-0.2, -0.15) is 0 Å². The second kappa shape index (κ2) is 9.62. The normalized spacial score (nSPS) is 11.4. The molecule has 2 aromatic carbocycles. The molecule has 0 aliphatic carbocycles. The lowest BCUT2D eigenvalue weighted by Gasteiger charge is -2.18. The summed E-state index contributed by atoms with van der Waals surface area (Å²) in [6, 6.07) is 12.0. The predicted molar refractivity (Wildman–Crippen MR) is 105 cm³/mol. The SMILES string of the molecule is CCOC(=O)c1ccc(NC(=O)NC(C)COc2c(C)cccc2C)cc1. The Morgan fingerprint density at radius 3 is 2.26 bits per heavy atom. The zero-order chi connectivity index (χ0) is 19.8. The number of rotatable bonds is 7. The highest BCUT2D eigenvalue weighted by molar-refractivity contribution is 5.92. The number of urea groups is 1. The lowest BCUT2D eigenvalue weighted by atomic mass is 10.1. The van der Waals surface area contributed by atoms with Gasteiger partial charge in [0, 0.05) is 5.69 Å². The van der Waals surface area contributed by atoms with Crippen LogP contribution in [-0.4, -0.2) is 31.3 Å². The molecule has 0 spiro atoms. The summed E-state index contributed by atoms with van der Waals surface area (Å²) in [4.78, 5) is 23.7. The number of para-hydroxylation sites is 1. The molecule has 0 fully saturated rings. The number of amides is 2. The largest absolute Gasteiger partial charge is 0.491 e. The number of hydrogen-bond donors (Lipinski definition) is 2. The summed E-state index contributed by atoms with van der Waals surface area (Å²) >= 11 is 0. The minimum Gasteiger partial charge on any atom is -0.491 e. The average molecular weight is 370 g/mol. The van der Waals surface area contributed by atoms with Gasteiger partial charge >= 0.3 is 12.0 Å². The van der Waals surface area contributed by atoms with E-state index in [4.69, 9.17) is 9.47 Å². The third-order valence-electron chi connectivity index (χ3n) is 3.92. The maximum atomic E-state index is 12.1. The fourth-order valence-corrected chi connectivity index (χ4v) is 2.57. The molecule has 0 aromatic heterocycles. The van der Waals surface area contributed by atoms with Gasteiger partial charge in [0.15, 0.2) is 0 Å². The van der Waals surface area contributed by atoms with Gasteiger partial charge < -0.3 is 20.1 Å². The highest BCUT2D eigenvalue weighted by Gasteiger charge is 2.11. The number of esters is 1. The first kappa shape index (κ1) is 20.3. The van der Waals surface area contributed by atoms with E-state index in [0.29, 0.717) is 24.5 Å². The summed E-state index contributed by atoms with van der Waals surface area (Å²) in [5.41, 5.74) is 3.16. The van der Waals surface area contributed by atoms with Crippen molar-refractivity contribution in [2.75, 3.05) is 18.5 Å². The van der Waals surface area contributed by atoms with Gasteiger partial charge in [-0.25, -0.2) is 9.59 Å². The maximum Gasteiger partial charge on any atom is 0.338 e. The summed E-state index contributed by atoms with van der Waals surface area (Å²) in [6.07, 6.45) is 0. The summed E-state index contributed by atoms with van der Waals surface area (Å²) < 4.78 is 10.8. The molecule has 1 unspecified atom stereocenters. The molecule has 2 rings (SSSR count). The molecule has 0 aliphatic heterocycles. The van der Waals surface area contributed by atoms with Crippen molar-refractivity contribution in [2.24, 2.45) is 0 Å². The molecular formula is C21H26N2O4. The lowest BCUT2D eigenvalue weighted by Crippen LogP contribution is -2.39. The predicted octanol–water partition coefficient (Wildman–Crippen LogP) is 4.07. The van der Waals surface area contributed by atoms with Crippen molar-refractivity contribution >= 4 is 17.7 Å². The Bertz CT molecular complexity index is 767. The minimum atomic E-state index is -0.384. The molecular weight excluding hydrogens is 344 g/mol. The molecule has 6 heteroatoms. The van der Waals surface area contributed by atoms with Gasteiger partial charge in [-0.1, -0.05) is 18.2 Å². The smallest absolute Gasteiger partial charge is 0.338 e. The summed E-state index contributed by atoms with van der Waals surface area (Å²) in [7, 11) is 0. The van der Waals surface area contributed by atoms with Gasteiger partial charge in [0.05, 0.1) is 18.2 Å². The van der Waals surface area contributed by atoms with E-state index < -0.39 is 0 Å². The van der Waals surface area contributed by atoms with E-state index in [2.05, 4.69) is 10.6 Å². The van der Waals surface area contributed by atoms with E-state index in [1.54, 1.807) is 31.2 Å². The Morgan fingerprint density at radius 2 is 1.67 bits per heavy atom. The number of anilines is 1. The van der Waals surface area contributed by atoms with Crippen LogP contribution in [0.4, 0.5) is 10.5 Å². The van der Waals surface area contributed by atoms with E-state index >= 15 is 0 Å². The molecule has 0 radical (unpaired) electrons. The molecule has 0 aliphatic rings. The third kappa shape index (κ3) is 6.02. The van der Waals surface area contributed by atoms with Crippen LogP contribution in [0.25, 0.3) is 0 Å². The Hall–Kier alpha value is -3.02. The molecule has 144 valence electrons. The molecule has 0 saturated heterocycles. The van der Waals surface area contributed by atoms with Crippen molar-refractivity contribution in [1.29, 1.82) is 0 Å². The molecule has 2 N–H and O–H groups in total. The van der Waals surface area contributed by atoms with Crippen molar-refractivity contribution in [3.8, 4) is 5.75 Å². The highest BCUT2D eigenvalue weighted by atomic mass is 16.5. The molecule has 1 atom stereocenters. The van der Waals surface area contributed by atoms with Crippen LogP contribution >= 0.6 is 0 Å². The van der Waals surface area contributed by atoms with Crippen LogP contribution in [0.1, 0.15) is 35.3 Å². The van der Waals surface area contributed by atoms with Crippen LogP contribution in [0.3, 0.4) is 0 Å². The van der Waals surface area contributed by atoms with Crippen LogP contribution in [0.15, 0.2) is 42.5 Å². The second-order valence-electron chi connectivity index (χ2n) is 6.33. The first-order chi connectivity index (χ1) is 12.9. The summed E-state index contributed by atoms with van der Waals surface area (Å²) in [5.74, 6) is 0.465. The number of aryl methyl sites for hydroxylation is 2. The second-order valence-corrected chi connectivity index (χ2v) is 6.33. The van der Waals surface area contributed by atoms with E-state index in [9.17, 15) is 9.59 Å². The Morgan fingerprint density at radius 1 is 1.04 bits per heavy atom. The molecule has 0 bridgehead atoms. The maximum absolute atomic E-state index is 12.1. The van der Waals surface area contributed by atoms with E-state index in [1.165, 1.54) is 0 Å². The monoisotopic (exact) mass is 370 g/mol. The number of hydrogen-bond acceptors (Lipinski definition) is 4. The van der Waals surface area contributed by atoms with E-state index in [-0.39, 0.29) is 18.0 Å². The molecule has 0 saturated carbocycles. The summed E-state index contributed by atoms with van der Waals surface area (Å²) in [5, 5.41) is 5.56. The highest BCUT2D eigenvalue weighted by Crippen LogP contribution is 2.22. The Kier molecular flexibility index (Phi) is 7.23. The van der Waals surface area contributed by atoms with Gasteiger partial charge in [-0.15, -0.1) is 0 Å². The lowest BCUT2D eigenvalue weighted by molar-refractivity contribution is 0.0526. The first-order valence-corrected chi connectivity index (χ1v) is 8.94. The summed E-state index contributed by atoms with van der Waals surface area (Å²) in [6.45, 7) is 8.30. The fraction of sp³-hybridized carbons (Fsp3) is 0.333. The number of benzene rings is 2. The van der Waals surface area contributed by atoms with Gasteiger partial charge in [0.1, 0.15) is 12.4 Å². The van der Waals surface area contributed by atoms with Crippen molar-refractivity contribution in [3.05, 3.63) is 59.2 Å². The van der Waals surface area contributed by atoms with Crippen molar-refractivity contribution in [1.82, 2.24) is 5.32 Å². The van der Waals surface area contributed by atoms with Crippen molar-refractivity contribution in [2.45, 2.75) is 33.7 Å². The van der Waals surface area contributed by atoms with Crippen molar-refractivity contribution < 1.29 is 19.1 Å². The zero-order valence-electron chi connectivity index (χ0n) is 16.2. The van der Waals surface area contributed by atoms with Crippen molar-refractivity contribution in [3.63, 3.8) is 0 Å². The molecule has 27 heavy (non-hydrogen) atoms. The first-order valence-electron chi connectivity index (χ1n) is 8.94. The minimum absolute atomic E-state index is 0.178. The zero-order valence-corrected chi connectivity index (χ0v) is 16.2. The van der Waals surface area contributed by atoms with Crippen LogP contribution in [0.5, 0.6) is 5.75 Å². The van der Waals surface area contributed by atoms with E-state index in [0.717, 1.165) is 16.9 Å². The van der Waals surface area contributed by atoms with Gasteiger partial charge in [-0.05, 0) is 63.1 Å². The van der Waals surface area contributed by atoms with Gasteiger partial charge in [0.2, 0.25) is 0 Å². The van der Waals surface area contributed by atoms with Crippen LogP contribution < -0.4 is 15.4 Å². The number of carbonyl (C=O) groups is 2. The Labute approximate surface area is 159 Å². The van der Waals surface area contributed by atoms with Crippen LogP contribution in [0, 0.1) is 13.8 Å². The number of carbonyl (C=O) groups excluding carboxylic acids is 2. The molecule has 2 aromatic rings. The third-order valence-corrected chi connectivity index (χ3v) is 3.92. The molecule has 0 heterocycles. The molecule has 2 amide bonds. The number of ether oxygens (including phenoxy) is 2. The standard InChI is InChI=1S/C21H26N2O4/c1-5-26-20(24)17-9-11-18(12-10-17)23-21(25)22-16(4)13-27-19-14(2)7-6-8-15(19)3/h6-12,16H,5,13H2,1-4H3,(H2,22,23,25). The topological polar surface area (TPSA) is 76.7 Å². The van der Waals surface area contributed by atoms with Crippen LogP contribution in [-0.2, 0) is 4.74 Å². The van der Waals surface area contributed by atoms with Gasteiger partial charge in [0.25, 0.3) is 0 Å². The quantitative estimate of drug-likeness (QED) is 0.721. The van der Waals surface area contributed by atoms with E-state index in [1.807, 2.05) is 39.0 Å². The number of nitrogens with one attached hydrogen (secondary N) is 2. The Balaban J connectivity index is 1.83. The molecule has 6 nitrogen and oxygen atoms in total.